The van der Waals surface area contributed by atoms with Gasteiger partial charge in [-0.2, -0.15) is 0 Å². The Labute approximate surface area is 287 Å². The first kappa shape index (κ1) is 35.3. The summed E-state index contributed by atoms with van der Waals surface area (Å²) in [5.74, 6) is -2.60. The van der Waals surface area contributed by atoms with Crippen molar-refractivity contribution in [3.05, 3.63) is 139 Å². The van der Waals surface area contributed by atoms with Gasteiger partial charge in [0.05, 0.1) is 24.5 Å². The standard InChI is InChI=1S/C40H41N2O6P/c1-4-16-36(45)48-40(49(31-19-9-6-10-20-31,32-21-11-7-12-22-32)33-23-13-8-14-24-33)42-34(37(28(3)43)39(42)47)27-35(44)29-17-15-18-30(26-29)38(46)41-25-5-2/h4,6-15,17-24,26,28,34,37,43H,1,5,16,25,27H2,2-3H3,(H,41,46)/t28-,34-,37-/m1/s1. The van der Waals surface area contributed by atoms with Crippen LogP contribution in [0.3, 0.4) is 0 Å². The molecular weight excluding hydrogens is 635 g/mol. The third-order valence-corrected chi connectivity index (χ3v) is 12.7. The maximum absolute atomic E-state index is 14.3. The molecule has 252 valence electrons. The number of likely N-dealkylation sites (tertiary alicyclic amines) is 1. The summed E-state index contributed by atoms with van der Waals surface area (Å²) in [4.78, 5) is 55.9. The van der Waals surface area contributed by atoms with Crippen molar-refractivity contribution in [3.8, 4) is 0 Å². The number of benzene rings is 4. The number of aliphatic hydroxyl groups excluding tert-OH is 1. The Morgan fingerprint density at radius 2 is 1.41 bits per heavy atom. The highest BCUT2D eigenvalue weighted by Gasteiger charge is 2.55. The molecule has 1 saturated heterocycles. The fourth-order valence-corrected chi connectivity index (χ4v) is 10.5. The minimum atomic E-state index is -3.14. The molecule has 2 N–H and O–H groups in total. The van der Waals surface area contributed by atoms with E-state index in [4.69, 9.17) is 4.74 Å². The van der Waals surface area contributed by atoms with Crippen molar-refractivity contribution < 1.29 is 29.0 Å². The second kappa shape index (κ2) is 15.9. The number of aliphatic hydroxyl groups is 1. The topological polar surface area (TPSA) is 113 Å². The Bertz CT molecular complexity index is 1770. The maximum atomic E-state index is 14.3. The molecule has 1 aliphatic heterocycles. The fraction of sp³-hybridized carbons (Fsp3) is 0.225. The van der Waals surface area contributed by atoms with E-state index in [1.54, 1.807) is 24.3 Å². The monoisotopic (exact) mass is 676 g/mol. The van der Waals surface area contributed by atoms with Crippen LogP contribution in [0.1, 0.15) is 53.8 Å². The van der Waals surface area contributed by atoms with E-state index in [1.807, 2.05) is 97.9 Å². The number of hydrogen-bond donors (Lipinski definition) is 2. The normalized spacial score (nSPS) is 16.2. The molecule has 5 rings (SSSR count). The summed E-state index contributed by atoms with van der Waals surface area (Å²) in [6.45, 7) is 4.55. The van der Waals surface area contributed by atoms with Crippen LogP contribution in [0.5, 0.6) is 0 Å². The molecule has 0 aliphatic carbocycles. The minimum Gasteiger partial charge on any atom is -0.408 e. The van der Waals surface area contributed by atoms with Crippen LogP contribution < -0.4 is 21.2 Å². The fourth-order valence-electron chi connectivity index (χ4n) is 6.31. The van der Waals surface area contributed by atoms with Gasteiger partial charge in [-0.3, -0.25) is 24.1 Å². The zero-order chi connectivity index (χ0) is 35.0. The van der Waals surface area contributed by atoms with Crippen LogP contribution in [0.4, 0.5) is 0 Å². The van der Waals surface area contributed by atoms with E-state index in [0.717, 1.165) is 22.3 Å². The zero-order valence-corrected chi connectivity index (χ0v) is 28.6. The molecule has 4 aromatic carbocycles. The highest BCUT2D eigenvalue weighted by atomic mass is 31.2. The van der Waals surface area contributed by atoms with Gasteiger partial charge in [-0.05, 0) is 41.4 Å². The number of nitrogens with zero attached hydrogens (tertiary/aromatic N) is 1. The smallest absolute Gasteiger partial charge is 0.316 e. The average Bonchev–Trinajstić information content (AvgIpc) is 3.12. The van der Waals surface area contributed by atoms with Gasteiger partial charge in [0.15, 0.2) is 5.78 Å². The van der Waals surface area contributed by atoms with Crippen LogP contribution >= 0.6 is 6.89 Å². The number of β-lactam (4-membered cyclic amide) rings is 1. The Morgan fingerprint density at radius 3 is 1.90 bits per heavy atom. The number of ketones is 1. The number of ether oxygens (including phenoxy) is 1. The van der Waals surface area contributed by atoms with Gasteiger partial charge < -0.3 is 15.2 Å². The quantitative estimate of drug-likeness (QED) is 0.0652. The Hall–Kier alpha value is -5.04. The summed E-state index contributed by atoms with van der Waals surface area (Å²) in [6.07, 6.45) is 0.833. The summed E-state index contributed by atoms with van der Waals surface area (Å²) < 4.78 is 6.34. The Kier molecular flexibility index (Phi) is 11.4. The van der Waals surface area contributed by atoms with E-state index in [2.05, 4.69) is 11.9 Å². The van der Waals surface area contributed by atoms with Crippen LogP contribution in [0.15, 0.2) is 128 Å². The molecule has 4 aromatic rings. The predicted octanol–water partition coefficient (Wildman–Crippen LogP) is 4.81. The van der Waals surface area contributed by atoms with E-state index < -0.39 is 36.8 Å². The second-order valence-corrected chi connectivity index (χ2v) is 15.2. The SMILES string of the molecule is C=CCC(=O)OC(N1C(=O)[C@H]([C@@H](C)O)[C@H]1CC(=O)c1cccc(C(=O)NCCC)c1)=P(c1ccccc1)(c1ccccc1)c1ccccc1. The lowest BCUT2D eigenvalue weighted by Gasteiger charge is -2.50. The number of nitrogens with one attached hydrogen (secondary N) is 1. The highest BCUT2D eigenvalue weighted by molar-refractivity contribution is 7.95. The molecule has 0 bridgehead atoms. The lowest BCUT2D eigenvalue weighted by molar-refractivity contribution is -0.157. The van der Waals surface area contributed by atoms with Crippen LogP contribution in [0.2, 0.25) is 0 Å². The third kappa shape index (κ3) is 7.21. The lowest BCUT2D eigenvalue weighted by atomic mass is 9.80. The molecule has 49 heavy (non-hydrogen) atoms. The summed E-state index contributed by atoms with van der Waals surface area (Å²) in [6, 6.07) is 34.5. The van der Waals surface area contributed by atoms with Gasteiger partial charge in [0.25, 0.3) is 5.91 Å². The van der Waals surface area contributed by atoms with Crippen molar-refractivity contribution >= 4 is 52.0 Å². The van der Waals surface area contributed by atoms with Crippen molar-refractivity contribution in [1.29, 1.82) is 0 Å². The molecule has 0 aromatic heterocycles. The number of esters is 1. The van der Waals surface area contributed by atoms with Crippen molar-refractivity contribution in [1.82, 2.24) is 10.2 Å². The molecule has 1 heterocycles. The van der Waals surface area contributed by atoms with E-state index in [-0.39, 0.29) is 30.1 Å². The van der Waals surface area contributed by atoms with Crippen LogP contribution in [0, 0.1) is 5.92 Å². The molecule has 8 nitrogen and oxygen atoms in total. The molecule has 1 aliphatic rings. The van der Waals surface area contributed by atoms with Gasteiger partial charge in [0.1, 0.15) is 0 Å². The zero-order valence-electron chi connectivity index (χ0n) is 27.7. The first-order chi connectivity index (χ1) is 23.7. The molecule has 1 fully saturated rings. The van der Waals surface area contributed by atoms with Crippen molar-refractivity contribution in [3.63, 3.8) is 0 Å². The van der Waals surface area contributed by atoms with Crippen molar-refractivity contribution in [2.45, 2.75) is 45.3 Å². The van der Waals surface area contributed by atoms with E-state index >= 15 is 0 Å². The van der Waals surface area contributed by atoms with Gasteiger partial charge in [0, 0.05) is 31.0 Å². The number of Topliss-reactive ketones (excluding diaryl/α,β-unsaturated/α-hetero) is 1. The average molecular weight is 677 g/mol. The van der Waals surface area contributed by atoms with Crippen LogP contribution in [-0.2, 0) is 14.3 Å². The van der Waals surface area contributed by atoms with Gasteiger partial charge in [-0.25, -0.2) is 0 Å². The first-order valence-corrected chi connectivity index (χ1v) is 18.2. The predicted molar refractivity (Wildman–Crippen MR) is 195 cm³/mol. The minimum absolute atomic E-state index is 0.111. The Morgan fingerprint density at radius 1 is 0.878 bits per heavy atom. The summed E-state index contributed by atoms with van der Waals surface area (Å²) >= 11 is 0. The molecule has 0 spiro atoms. The van der Waals surface area contributed by atoms with Crippen molar-refractivity contribution in [2.24, 2.45) is 5.92 Å². The van der Waals surface area contributed by atoms with Gasteiger partial charge in [-0.15, -0.1) is 6.58 Å². The van der Waals surface area contributed by atoms with Crippen LogP contribution in [-0.4, -0.2) is 57.9 Å². The second-order valence-electron chi connectivity index (χ2n) is 11.9. The molecule has 3 atom stereocenters. The number of carbonyl (C=O) groups is 4. The number of rotatable bonds is 14. The highest BCUT2D eigenvalue weighted by Crippen LogP contribution is 2.50. The first-order valence-electron chi connectivity index (χ1n) is 16.4. The van der Waals surface area contributed by atoms with Gasteiger partial charge >= 0.3 is 5.97 Å². The maximum Gasteiger partial charge on any atom is 0.316 e. The van der Waals surface area contributed by atoms with Gasteiger partial charge in [-0.1, -0.05) is 116 Å². The number of hydrogen-bond acceptors (Lipinski definition) is 6. The van der Waals surface area contributed by atoms with E-state index in [0.29, 0.717) is 17.7 Å². The third-order valence-electron chi connectivity index (χ3n) is 8.60. The molecule has 0 radical (unpaired) electrons. The number of amides is 2. The van der Waals surface area contributed by atoms with E-state index in [9.17, 15) is 24.3 Å². The molecular formula is C40H41N2O6P. The summed E-state index contributed by atoms with van der Waals surface area (Å²) in [7, 11) is 0. The van der Waals surface area contributed by atoms with Crippen LogP contribution in [0.25, 0.3) is 0 Å². The molecule has 0 saturated carbocycles. The number of carbonyl (C=O) groups excluding carboxylic acids is 4. The molecule has 0 unspecified atom stereocenters. The molecule has 9 heteroatoms. The lowest BCUT2D eigenvalue weighted by Crippen LogP contribution is -2.67. The van der Waals surface area contributed by atoms with E-state index in [1.165, 1.54) is 17.9 Å². The summed E-state index contributed by atoms with van der Waals surface area (Å²) in [5.41, 5.74) is 0.768. The summed E-state index contributed by atoms with van der Waals surface area (Å²) in [5, 5.41) is 16.2. The Balaban J connectivity index is 1.75. The van der Waals surface area contributed by atoms with Crippen molar-refractivity contribution in [2.75, 3.05) is 6.54 Å². The largest absolute Gasteiger partial charge is 0.408 e. The molecule has 2 amide bonds. The van der Waals surface area contributed by atoms with Gasteiger partial charge in [0.2, 0.25) is 11.5 Å².